The molecular formula is C7H10N4O3. The third kappa shape index (κ3) is 1.87. The minimum atomic E-state index is -0.699. The molecule has 7 nitrogen and oxygen atoms in total. The molecule has 1 aromatic rings. The van der Waals surface area contributed by atoms with E-state index in [1.165, 1.54) is 24.4 Å². The highest BCUT2D eigenvalue weighted by Crippen LogP contribution is 2.06. The maximum atomic E-state index is 11.1. The highest BCUT2D eigenvalue weighted by molar-refractivity contribution is 6.37. The molecule has 1 heterocycles. The van der Waals surface area contributed by atoms with Gasteiger partial charge in [0.05, 0.1) is 7.11 Å². The zero-order chi connectivity index (χ0) is 10.6. The first-order valence-electron chi connectivity index (χ1n) is 3.85. The predicted octanol–water partition coefficient (Wildman–Crippen LogP) is -0.158. The van der Waals surface area contributed by atoms with Crippen LogP contribution in [0.1, 0.15) is 13.0 Å². The van der Waals surface area contributed by atoms with Crippen LogP contribution in [0.15, 0.2) is 17.8 Å². The second kappa shape index (κ2) is 4.35. The fraction of sp³-hybridized carbons (Fsp3) is 0.429. The molecule has 76 valence electrons. The summed E-state index contributed by atoms with van der Waals surface area (Å²) in [6.45, 7) is 1.64. The Morgan fingerprint density at radius 3 is 2.86 bits per heavy atom. The Bertz CT molecular complexity index is 333. The second-order valence-electron chi connectivity index (χ2n) is 2.53. The van der Waals surface area contributed by atoms with E-state index in [1.54, 1.807) is 6.92 Å². The summed E-state index contributed by atoms with van der Waals surface area (Å²) in [5, 5.41) is 15.3. The summed E-state index contributed by atoms with van der Waals surface area (Å²) in [6, 6.07) is -0.519. The summed E-state index contributed by atoms with van der Waals surface area (Å²) in [5.41, 5.74) is -0.127. The molecule has 0 aromatic carbocycles. The quantitative estimate of drug-likeness (QED) is 0.315. The van der Waals surface area contributed by atoms with E-state index in [9.17, 15) is 4.79 Å². The van der Waals surface area contributed by atoms with E-state index in [1.807, 2.05) is 0 Å². The lowest BCUT2D eigenvalue weighted by molar-refractivity contribution is -0.133. The lowest BCUT2D eigenvalue weighted by Gasteiger charge is -2.10. The molecule has 0 spiro atoms. The maximum Gasteiger partial charge on any atom is 0.358 e. The first-order valence-corrected chi connectivity index (χ1v) is 3.85. The molecule has 7 heteroatoms. The molecule has 1 N–H and O–H groups in total. The van der Waals surface area contributed by atoms with E-state index in [0.29, 0.717) is 0 Å². The number of carbonyl (C=O) groups is 1. The van der Waals surface area contributed by atoms with E-state index >= 15 is 0 Å². The lowest BCUT2D eigenvalue weighted by Crippen LogP contribution is -2.26. The van der Waals surface area contributed by atoms with Crippen LogP contribution in [0.5, 0.6) is 0 Å². The second-order valence-corrected chi connectivity index (χ2v) is 2.53. The molecule has 0 aliphatic rings. The SMILES string of the molecule is COC(=O)/C(=N/O)C(C)n1cncn1. The average Bonchev–Trinajstić information content (AvgIpc) is 2.71. The number of methoxy groups -OCH3 is 1. The number of oxime groups is 1. The van der Waals surface area contributed by atoms with Gasteiger partial charge in [-0.25, -0.2) is 14.5 Å². The Labute approximate surface area is 80.0 Å². The first-order chi connectivity index (χ1) is 6.70. The van der Waals surface area contributed by atoms with Gasteiger partial charge in [-0.05, 0) is 6.92 Å². The zero-order valence-corrected chi connectivity index (χ0v) is 7.78. The Morgan fingerprint density at radius 1 is 1.71 bits per heavy atom. The van der Waals surface area contributed by atoms with Gasteiger partial charge in [-0.2, -0.15) is 5.10 Å². The average molecular weight is 198 g/mol. The van der Waals surface area contributed by atoms with Gasteiger partial charge in [0.15, 0.2) is 5.71 Å². The minimum Gasteiger partial charge on any atom is -0.464 e. The summed E-state index contributed by atoms with van der Waals surface area (Å²) in [5.74, 6) is -0.699. The molecule has 1 aromatic heterocycles. The van der Waals surface area contributed by atoms with Crippen LogP contribution in [-0.2, 0) is 9.53 Å². The summed E-state index contributed by atoms with van der Waals surface area (Å²) < 4.78 is 5.81. The van der Waals surface area contributed by atoms with Gasteiger partial charge < -0.3 is 9.94 Å². The third-order valence-electron chi connectivity index (χ3n) is 1.73. The molecule has 14 heavy (non-hydrogen) atoms. The number of ether oxygens (including phenoxy) is 1. The van der Waals surface area contributed by atoms with Gasteiger partial charge in [-0.3, -0.25) is 0 Å². The Morgan fingerprint density at radius 2 is 2.43 bits per heavy atom. The first kappa shape index (κ1) is 10.2. The van der Waals surface area contributed by atoms with Crippen molar-refractivity contribution in [3.05, 3.63) is 12.7 Å². The number of rotatable bonds is 3. The van der Waals surface area contributed by atoms with Gasteiger partial charge in [-0.15, -0.1) is 0 Å². The highest BCUT2D eigenvalue weighted by atomic mass is 16.5. The van der Waals surface area contributed by atoms with Crippen LogP contribution in [-0.4, -0.2) is 38.8 Å². The molecule has 0 amide bonds. The number of carbonyl (C=O) groups excluding carboxylic acids is 1. The molecular weight excluding hydrogens is 188 g/mol. The molecule has 0 fully saturated rings. The van der Waals surface area contributed by atoms with Crippen LogP contribution < -0.4 is 0 Å². The molecule has 0 radical (unpaired) electrons. The topological polar surface area (TPSA) is 89.6 Å². The Hall–Kier alpha value is -1.92. The molecule has 0 saturated carbocycles. The van der Waals surface area contributed by atoms with Crippen molar-refractivity contribution in [1.29, 1.82) is 0 Å². The number of hydrogen-bond donors (Lipinski definition) is 1. The smallest absolute Gasteiger partial charge is 0.358 e. The fourth-order valence-electron chi connectivity index (χ4n) is 0.942. The summed E-state index contributed by atoms with van der Waals surface area (Å²) in [6.07, 6.45) is 2.74. The molecule has 1 rings (SSSR count). The van der Waals surface area contributed by atoms with Crippen LogP contribution in [0.2, 0.25) is 0 Å². The van der Waals surface area contributed by atoms with Crippen LogP contribution in [0, 0.1) is 0 Å². The van der Waals surface area contributed by atoms with Crippen LogP contribution >= 0.6 is 0 Å². The van der Waals surface area contributed by atoms with Crippen molar-refractivity contribution >= 4 is 11.7 Å². The molecule has 0 aliphatic heterocycles. The van der Waals surface area contributed by atoms with Gasteiger partial charge in [0.1, 0.15) is 18.7 Å². The number of esters is 1. The van der Waals surface area contributed by atoms with Gasteiger partial charge >= 0.3 is 5.97 Å². The van der Waals surface area contributed by atoms with Crippen LogP contribution in [0.3, 0.4) is 0 Å². The monoisotopic (exact) mass is 198 g/mol. The van der Waals surface area contributed by atoms with E-state index in [4.69, 9.17) is 5.21 Å². The van der Waals surface area contributed by atoms with E-state index in [0.717, 1.165) is 0 Å². The predicted molar refractivity (Wildman–Crippen MR) is 46.0 cm³/mol. The van der Waals surface area contributed by atoms with E-state index < -0.39 is 12.0 Å². The normalized spacial score (nSPS) is 13.7. The van der Waals surface area contributed by atoms with E-state index in [-0.39, 0.29) is 5.71 Å². The number of hydrogen-bond acceptors (Lipinski definition) is 6. The zero-order valence-electron chi connectivity index (χ0n) is 7.78. The van der Waals surface area contributed by atoms with Crippen molar-refractivity contribution in [1.82, 2.24) is 14.8 Å². The largest absolute Gasteiger partial charge is 0.464 e. The summed E-state index contributed by atoms with van der Waals surface area (Å²) in [7, 11) is 1.21. The maximum absolute atomic E-state index is 11.1. The van der Waals surface area contributed by atoms with Crippen molar-refractivity contribution in [2.75, 3.05) is 7.11 Å². The molecule has 1 unspecified atom stereocenters. The summed E-state index contributed by atoms with van der Waals surface area (Å²) in [4.78, 5) is 14.8. The van der Waals surface area contributed by atoms with E-state index in [2.05, 4.69) is 20.0 Å². The number of nitrogens with zero attached hydrogens (tertiary/aromatic N) is 4. The Kier molecular flexibility index (Phi) is 3.16. The Balaban J connectivity index is 2.87. The molecule has 0 saturated heterocycles. The molecule has 0 aliphatic carbocycles. The van der Waals surface area contributed by atoms with Crippen molar-refractivity contribution in [2.24, 2.45) is 5.16 Å². The van der Waals surface area contributed by atoms with Crippen molar-refractivity contribution < 1.29 is 14.7 Å². The van der Waals surface area contributed by atoms with Crippen molar-refractivity contribution in [2.45, 2.75) is 13.0 Å². The fourth-order valence-corrected chi connectivity index (χ4v) is 0.942. The van der Waals surface area contributed by atoms with Crippen LogP contribution in [0.4, 0.5) is 0 Å². The molecule has 1 atom stereocenters. The minimum absolute atomic E-state index is 0.127. The van der Waals surface area contributed by atoms with Gasteiger partial charge in [0, 0.05) is 0 Å². The highest BCUT2D eigenvalue weighted by Gasteiger charge is 2.22. The van der Waals surface area contributed by atoms with Gasteiger partial charge in [-0.1, -0.05) is 5.16 Å². The van der Waals surface area contributed by atoms with Crippen LogP contribution in [0.25, 0.3) is 0 Å². The standard InChI is InChI=1S/C7H10N4O3/c1-5(11-4-8-3-9-11)6(10-13)7(12)14-2/h3-5,13H,1-2H3/b10-6+. The van der Waals surface area contributed by atoms with Crippen molar-refractivity contribution in [3.63, 3.8) is 0 Å². The third-order valence-corrected chi connectivity index (χ3v) is 1.73. The van der Waals surface area contributed by atoms with Crippen molar-refractivity contribution in [3.8, 4) is 0 Å². The molecule has 0 bridgehead atoms. The van der Waals surface area contributed by atoms with Gasteiger partial charge in [0.25, 0.3) is 0 Å². The lowest BCUT2D eigenvalue weighted by atomic mass is 10.2. The number of aromatic nitrogens is 3. The van der Waals surface area contributed by atoms with Gasteiger partial charge in [0.2, 0.25) is 0 Å². The summed E-state index contributed by atoms with van der Waals surface area (Å²) >= 11 is 0.